The van der Waals surface area contributed by atoms with E-state index in [1.165, 1.54) is 13.2 Å². The summed E-state index contributed by atoms with van der Waals surface area (Å²) < 4.78 is 4.61. The van der Waals surface area contributed by atoms with Crippen molar-refractivity contribution >= 4 is 21.9 Å². The Bertz CT molecular complexity index is 252. The van der Waals surface area contributed by atoms with E-state index >= 15 is 0 Å². The third-order valence-corrected chi connectivity index (χ3v) is 2.07. The summed E-state index contributed by atoms with van der Waals surface area (Å²) in [5, 5.41) is 0.605. The number of hydrogen-bond donors (Lipinski definition) is 0. The van der Waals surface area contributed by atoms with Gasteiger partial charge in [0.2, 0.25) is 0 Å². The molecule has 0 aromatic carbocycles. The Morgan fingerprint density at radius 1 is 1.62 bits per heavy atom. The fourth-order valence-electron chi connectivity index (χ4n) is 0.863. The second-order valence-corrected chi connectivity index (χ2v) is 2.83. The standard InChI is InChI=1S/C10H13BrO2/c1-4-6-8(7-11)9(5-2)10(12)13-3/h4-6H,2,7H2,1,3H3/b6-4-,9-8-. The smallest absolute Gasteiger partial charge is 0.338 e. The van der Waals surface area contributed by atoms with Crippen LogP contribution in [0.25, 0.3) is 0 Å². The van der Waals surface area contributed by atoms with Crippen LogP contribution in [0.3, 0.4) is 0 Å². The number of halogens is 1. The first-order chi connectivity index (χ1) is 6.21. The number of carbonyl (C=O) groups is 1. The molecule has 0 saturated carbocycles. The summed E-state index contributed by atoms with van der Waals surface area (Å²) in [6, 6.07) is 0. The van der Waals surface area contributed by atoms with Gasteiger partial charge in [0.15, 0.2) is 0 Å². The second kappa shape index (κ2) is 6.66. The minimum atomic E-state index is -0.359. The van der Waals surface area contributed by atoms with Gasteiger partial charge in [0.1, 0.15) is 0 Å². The van der Waals surface area contributed by atoms with Crippen molar-refractivity contribution in [2.45, 2.75) is 6.92 Å². The summed E-state index contributed by atoms with van der Waals surface area (Å²) in [6.45, 7) is 5.46. The zero-order valence-electron chi connectivity index (χ0n) is 7.84. The van der Waals surface area contributed by atoms with Gasteiger partial charge in [-0.05, 0) is 12.5 Å². The molecule has 0 saturated heterocycles. The van der Waals surface area contributed by atoms with E-state index < -0.39 is 0 Å². The molecule has 0 unspecified atom stereocenters. The zero-order chi connectivity index (χ0) is 10.3. The van der Waals surface area contributed by atoms with Crippen molar-refractivity contribution in [3.63, 3.8) is 0 Å². The number of alkyl halides is 1. The highest BCUT2D eigenvalue weighted by Gasteiger charge is 2.09. The number of allylic oxidation sites excluding steroid dienone is 3. The number of hydrogen-bond acceptors (Lipinski definition) is 2. The molecule has 0 radical (unpaired) electrons. The Labute approximate surface area is 87.1 Å². The Balaban J connectivity index is 5.04. The lowest BCUT2D eigenvalue weighted by Gasteiger charge is -2.03. The van der Waals surface area contributed by atoms with Crippen molar-refractivity contribution in [1.82, 2.24) is 0 Å². The molecule has 13 heavy (non-hydrogen) atoms. The van der Waals surface area contributed by atoms with Crippen LogP contribution in [0.15, 0.2) is 36.0 Å². The Morgan fingerprint density at radius 2 is 2.23 bits per heavy atom. The summed E-state index contributed by atoms with van der Waals surface area (Å²) in [4.78, 5) is 11.2. The maximum atomic E-state index is 11.2. The van der Waals surface area contributed by atoms with Gasteiger partial charge in [-0.2, -0.15) is 0 Å². The topological polar surface area (TPSA) is 26.3 Å². The summed E-state index contributed by atoms with van der Waals surface area (Å²) in [5.41, 5.74) is 1.36. The minimum absolute atomic E-state index is 0.359. The van der Waals surface area contributed by atoms with E-state index in [0.717, 1.165) is 5.57 Å². The van der Waals surface area contributed by atoms with Gasteiger partial charge < -0.3 is 4.74 Å². The minimum Gasteiger partial charge on any atom is -0.465 e. The predicted molar refractivity (Wildman–Crippen MR) is 57.8 cm³/mol. The Hall–Kier alpha value is -0.830. The largest absolute Gasteiger partial charge is 0.465 e. The summed E-state index contributed by atoms with van der Waals surface area (Å²) >= 11 is 3.29. The zero-order valence-corrected chi connectivity index (χ0v) is 9.43. The first-order valence-electron chi connectivity index (χ1n) is 3.83. The van der Waals surface area contributed by atoms with Crippen LogP contribution < -0.4 is 0 Å². The summed E-state index contributed by atoms with van der Waals surface area (Å²) in [7, 11) is 1.35. The highest BCUT2D eigenvalue weighted by molar-refractivity contribution is 9.09. The van der Waals surface area contributed by atoms with Crippen molar-refractivity contribution in [1.29, 1.82) is 0 Å². The highest BCUT2D eigenvalue weighted by Crippen LogP contribution is 2.12. The van der Waals surface area contributed by atoms with Crippen molar-refractivity contribution in [2.24, 2.45) is 0 Å². The van der Waals surface area contributed by atoms with Gasteiger partial charge in [0.05, 0.1) is 12.7 Å². The van der Waals surface area contributed by atoms with Crippen LogP contribution in [-0.4, -0.2) is 18.4 Å². The molecule has 3 heteroatoms. The maximum absolute atomic E-state index is 11.2. The van der Waals surface area contributed by atoms with Crippen LogP contribution >= 0.6 is 15.9 Å². The molecule has 72 valence electrons. The van der Waals surface area contributed by atoms with E-state index in [0.29, 0.717) is 10.9 Å². The maximum Gasteiger partial charge on any atom is 0.338 e. The quantitative estimate of drug-likeness (QED) is 0.329. The molecular formula is C10H13BrO2. The van der Waals surface area contributed by atoms with E-state index in [4.69, 9.17) is 0 Å². The molecule has 0 bridgehead atoms. The molecule has 2 nitrogen and oxygen atoms in total. The molecule has 0 aliphatic heterocycles. The van der Waals surface area contributed by atoms with Gasteiger partial charge in [0.25, 0.3) is 0 Å². The Morgan fingerprint density at radius 3 is 2.54 bits per heavy atom. The molecule has 0 fully saturated rings. The van der Waals surface area contributed by atoms with Gasteiger partial charge in [-0.15, -0.1) is 0 Å². The van der Waals surface area contributed by atoms with Crippen molar-refractivity contribution in [3.05, 3.63) is 36.0 Å². The number of esters is 1. The van der Waals surface area contributed by atoms with E-state index in [1.807, 2.05) is 19.1 Å². The van der Waals surface area contributed by atoms with E-state index in [1.54, 1.807) is 0 Å². The highest BCUT2D eigenvalue weighted by atomic mass is 79.9. The van der Waals surface area contributed by atoms with Gasteiger partial charge in [-0.1, -0.05) is 40.7 Å². The van der Waals surface area contributed by atoms with Crippen LogP contribution in [0.1, 0.15) is 6.92 Å². The fourth-order valence-corrected chi connectivity index (χ4v) is 1.35. The van der Waals surface area contributed by atoms with E-state index in [2.05, 4.69) is 27.2 Å². The van der Waals surface area contributed by atoms with Crippen molar-refractivity contribution in [2.75, 3.05) is 12.4 Å². The number of carbonyl (C=O) groups excluding carboxylic acids is 1. The third-order valence-electron chi connectivity index (χ3n) is 1.47. The molecule has 0 heterocycles. The lowest BCUT2D eigenvalue weighted by atomic mass is 10.1. The summed E-state index contributed by atoms with van der Waals surface area (Å²) in [6.07, 6.45) is 5.22. The van der Waals surface area contributed by atoms with Crippen LogP contribution in [0.5, 0.6) is 0 Å². The average Bonchev–Trinajstić information content (AvgIpc) is 2.17. The fraction of sp³-hybridized carbons (Fsp3) is 0.300. The van der Waals surface area contributed by atoms with Crippen molar-refractivity contribution in [3.8, 4) is 0 Å². The molecular weight excluding hydrogens is 232 g/mol. The number of ether oxygens (including phenoxy) is 1. The SMILES string of the molecule is C=C/C(C(=O)OC)=C(\C=C/C)CBr. The molecule has 0 amide bonds. The van der Waals surface area contributed by atoms with Gasteiger partial charge in [-0.25, -0.2) is 4.79 Å². The van der Waals surface area contributed by atoms with Crippen LogP contribution in [0, 0.1) is 0 Å². The summed E-state index contributed by atoms with van der Waals surface area (Å²) in [5.74, 6) is -0.359. The number of methoxy groups -OCH3 is 1. The first-order valence-corrected chi connectivity index (χ1v) is 4.96. The van der Waals surface area contributed by atoms with Crippen LogP contribution in [0.2, 0.25) is 0 Å². The molecule has 0 aromatic heterocycles. The second-order valence-electron chi connectivity index (χ2n) is 2.27. The molecule has 0 spiro atoms. The van der Waals surface area contributed by atoms with Gasteiger partial charge in [0, 0.05) is 5.33 Å². The molecule has 0 aliphatic carbocycles. The lowest BCUT2D eigenvalue weighted by molar-refractivity contribution is -0.135. The van der Waals surface area contributed by atoms with Crippen LogP contribution in [-0.2, 0) is 9.53 Å². The Kier molecular flexibility index (Phi) is 6.24. The van der Waals surface area contributed by atoms with Crippen LogP contribution in [0.4, 0.5) is 0 Å². The lowest BCUT2D eigenvalue weighted by Crippen LogP contribution is -2.05. The molecule has 0 N–H and O–H groups in total. The van der Waals surface area contributed by atoms with Gasteiger partial charge in [-0.3, -0.25) is 0 Å². The molecule has 0 aliphatic rings. The third kappa shape index (κ3) is 3.59. The van der Waals surface area contributed by atoms with E-state index in [-0.39, 0.29) is 5.97 Å². The predicted octanol–water partition coefficient (Wildman–Crippen LogP) is 2.61. The molecule has 0 rings (SSSR count). The molecule has 0 atom stereocenters. The van der Waals surface area contributed by atoms with Crippen molar-refractivity contribution < 1.29 is 9.53 Å². The molecule has 0 aromatic rings. The number of rotatable bonds is 4. The monoisotopic (exact) mass is 244 g/mol. The first kappa shape index (κ1) is 12.2. The average molecular weight is 245 g/mol. The normalized spacial score (nSPS) is 12.5. The van der Waals surface area contributed by atoms with Gasteiger partial charge >= 0.3 is 5.97 Å². The van der Waals surface area contributed by atoms with E-state index in [9.17, 15) is 4.79 Å².